The number of hydrogen-bond donors (Lipinski definition) is 0. The molecule has 0 atom stereocenters. The molecule has 0 aromatic carbocycles. The van der Waals surface area contributed by atoms with E-state index in [1.165, 1.54) is 6.92 Å². The Morgan fingerprint density at radius 2 is 1.27 bits per heavy atom. The standard InChI is InChI=1S/C15H24O7/c1-5-20-12(17)8-9-15(10-11(4)16,13(18)21-6-2)14(19)22-7-3/h5-10H2,1-4H3. The van der Waals surface area contributed by atoms with E-state index in [-0.39, 0.29) is 44.9 Å². The van der Waals surface area contributed by atoms with Crippen molar-refractivity contribution in [2.24, 2.45) is 5.41 Å². The third kappa shape index (κ3) is 5.83. The molecule has 0 bridgehead atoms. The van der Waals surface area contributed by atoms with Crippen LogP contribution in [0.4, 0.5) is 0 Å². The molecule has 7 heteroatoms. The Morgan fingerprint density at radius 3 is 1.64 bits per heavy atom. The molecule has 0 aliphatic rings. The maximum Gasteiger partial charge on any atom is 0.323 e. The molecule has 0 amide bonds. The number of hydrogen-bond acceptors (Lipinski definition) is 7. The molecule has 0 spiro atoms. The Bertz CT molecular complexity index is 396. The van der Waals surface area contributed by atoms with E-state index in [4.69, 9.17) is 14.2 Å². The summed E-state index contributed by atoms with van der Waals surface area (Å²) in [5.41, 5.74) is -1.80. The molecule has 0 saturated heterocycles. The fraction of sp³-hybridized carbons (Fsp3) is 0.733. The second kappa shape index (κ2) is 9.92. The summed E-state index contributed by atoms with van der Waals surface area (Å²) in [6, 6.07) is 0. The van der Waals surface area contributed by atoms with E-state index in [2.05, 4.69) is 0 Å². The first-order chi connectivity index (χ1) is 10.3. The second-order valence-corrected chi connectivity index (χ2v) is 4.71. The molecule has 7 nitrogen and oxygen atoms in total. The normalized spacial score (nSPS) is 10.7. The SMILES string of the molecule is CCOC(=O)CCC(CC(C)=O)(C(=O)OCC)C(=O)OCC. The molecule has 0 aliphatic carbocycles. The first-order valence-electron chi connectivity index (χ1n) is 7.33. The van der Waals surface area contributed by atoms with Crippen LogP contribution in [-0.4, -0.2) is 43.5 Å². The van der Waals surface area contributed by atoms with Crippen molar-refractivity contribution >= 4 is 23.7 Å². The van der Waals surface area contributed by atoms with E-state index in [0.717, 1.165) is 0 Å². The Morgan fingerprint density at radius 1 is 0.818 bits per heavy atom. The van der Waals surface area contributed by atoms with Crippen LogP contribution in [0, 0.1) is 5.41 Å². The molecule has 0 fully saturated rings. The zero-order valence-electron chi connectivity index (χ0n) is 13.6. The van der Waals surface area contributed by atoms with Crippen molar-refractivity contribution in [1.29, 1.82) is 0 Å². The Hall–Kier alpha value is -1.92. The summed E-state index contributed by atoms with van der Waals surface area (Å²) in [4.78, 5) is 47.6. The average Bonchev–Trinajstić information content (AvgIpc) is 2.43. The molecule has 0 saturated carbocycles. The molecule has 0 aromatic rings. The van der Waals surface area contributed by atoms with Gasteiger partial charge in [-0.15, -0.1) is 0 Å². The minimum atomic E-state index is -1.80. The predicted molar refractivity (Wildman–Crippen MR) is 76.9 cm³/mol. The highest BCUT2D eigenvalue weighted by molar-refractivity contribution is 6.03. The van der Waals surface area contributed by atoms with Gasteiger partial charge in [0.15, 0.2) is 5.41 Å². The summed E-state index contributed by atoms with van der Waals surface area (Å²) < 4.78 is 14.6. The third-order valence-electron chi connectivity index (χ3n) is 2.94. The summed E-state index contributed by atoms with van der Waals surface area (Å²) in [5.74, 6) is -2.63. The van der Waals surface area contributed by atoms with Crippen molar-refractivity contribution in [1.82, 2.24) is 0 Å². The van der Waals surface area contributed by atoms with Crippen molar-refractivity contribution in [3.05, 3.63) is 0 Å². The quantitative estimate of drug-likeness (QED) is 0.341. The van der Waals surface area contributed by atoms with Gasteiger partial charge >= 0.3 is 17.9 Å². The van der Waals surface area contributed by atoms with Gasteiger partial charge in [-0.1, -0.05) is 0 Å². The van der Waals surface area contributed by atoms with Gasteiger partial charge in [-0.05, 0) is 34.1 Å². The monoisotopic (exact) mass is 316 g/mol. The van der Waals surface area contributed by atoms with Crippen LogP contribution in [0.25, 0.3) is 0 Å². The summed E-state index contributed by atoms with van der Waals surface area (Å²) in [6.45, 7) is 6.39. The largest absolute Gasteiger partial charge is 0.466 e. The first-order valence-corrected chi connectivity index (χ1v) is 7.33. The van der Waals surface area contributed by atoms with Gasteiger partial charge in [0.1, 0.15) is 5.78 Å². The van der Waals surface area contributed by atoms with Gasteiger partial charge in [0.05, 0.1) is 19.8 Å². The maximum absolute atomic E-state index is 12.3. The molecular formula is C15H24O7. The lowest BCUT2D eigenvalue weighted by Gasteiger charge is -2.27. The topological polar surface area (TPSA) is 96.0 Å². The van der Waals surface area contributed by atoms with Gasteiger partial charge < -0.3 is 14.2 Å². The van der Waals surface area contributed by atoms with Crippen LogP contribution < -0.4 is 0 Å². The molecule has 0 rings (SSSR count). The molecule has 0 radical (unpaired) electrons. The van der Waals surface area contributed by atoms with Gasteiger partial charge in [0.25, 0.3) is 0 Å². The van der Waals surface area contributed by atoms with Crippen molar-refractivity contribution in [3.63, 3.8) is 0 Å². The minimum Gasteiger partial charge on any atom is -0.466 e. The van der Waals surface area contributed by atoms with Gasteiger partial charge in [0.2, 0.25) is 0 Å². The number of esters is 3. The van der Waals surface area contributed by atoms with Gasteiger partial charge in [0, 0.05) is 12.8 Å². The molecule has 126 valence electrons. The van der Waals surface area contributed by atoms with E-state index in [1.54, 1.807) is 20.8 Å². The van der Waals surface area contributed by atoms with Crippen molar-refractivity contribution < 1.29 is 33.4 Å². The number of ether oxygens (including phenoxy) is 3. The van der Waals surface area contributed by atoms with E-state index < -0.39 is 23.3 Å². The molecule has 0 aromatic heterocycles. The Labute approximate surface area is 130 Å². The number of rotatable bonds is 10. The van der Waals surface area contributed by atoms with E-state index >= 15 is 0 Å². The fourth-order valence-corrected chi connectivity index (χ4v) is 2.03. The van der Waals surface area contributed by atoms with Crippen LogP contribution in [0.2, 0.25) is 0 Å². The summed E-state index contributed by atoms with van der Waals surface area (Å²) in [6.07, 6.45) is -0.744. The van der Waals surface area contributed by atoms with Crippen molar-refractivity contribution in [3.8, 4) is 0 Å². The van der Waals surface area contributed by atoms with Gasteiger partial charge in [-0.2, -0.15) is 0 Å². The van der Waals surface area contributed by atoms with E-state index in [0.29, 0.717) is 0 Å². The van der Waals surface area contributed by atoms with Crippen LogP contribution in [0.5, 0.6) is 0 Å². The first kappa shape index (κ1) is 20.1. The lowest BCUT2D eigenvalue weighted by Crippen LogP contribution is -2.44. The van der Waals surface area contributed by atoms with Crippen molar-refractivity contribution in [2.75, 3.05) is 19.8 Å². The lowest BCUT2D eigenvalue weighted by molar-refractivity contribution is -0.175. The van der Waals surface area contributed by atoms with Crippen molar-refractivity contribution in [2.45, 2.75) is 47.0 Å². The van der Waals surface area contributed by atoms with Crippen LogP contribution in [-0.2, 0) is 33.4 Å². The van der Waals surface area contributed by atoms with Crippen LogP contribution in [0.15, 0.2) is 0 Å². The minimum absolute atomic E-state index is 0.0529. The molecule has 22 heavy (non-hydrogen) atoms. The molecule has 0 N–H and O–H groups in total. The predicted octanol–water partition coefficient (Wildman–Crippen LogP) is 1.42. The third-order valence-corrected chi connectivity index (χ3v) is 2.94. The highest BCUT2D eigenvalue weighted by Gasteiger charge is 2.49. The maximum atomic E-state index is 12.3. The lowest BCUT2D eigenvalue weighted by atomic mass is 9.78. The smallest absolute Gasteiger partial charge is 0.323 e. The Balaban J connectivity index is 5.43. The summed E-state index contributed by atoms with van der Waals surface area (Å²) in [5, 5.41) is 0. The summed E-state index contributed by atoms with van der Waals surface area (Å²) >= 11 is 0. The van der Waals surface area contributed by atoms with Crippen LogP contribution >= 0.6 is 0 Å². The average molecular weight is 316 g/mol. The molecule has 0 unspecified atom stereocenters. The van der Waals surface area contributed by atoms with Crippen LogP contribution in [0.3, 0.4) is 0 Å². The second-order valence-electron chi connectivity index (χ2n) is 4.71. The number of Topliss-reactive ketones (excluding diaryl/α,β-unsaturated/α-hetero) is 1. The van der Waals surface area contributed by atoms with Crippen LogP contribution in [0.1, 0.15) is 47.0 Å². The zero-order chi connectivity index (χ0) is 17.2. The van der Waals surface area contributed by atoms with Gasteiger partial charge in [-0.3, -0.25) is 19.2 Å². The van der Waals surface area contributed by atoms with E-state index in [1.807, 2.05) is 0 Å². The number of ketones is 1. The molecule has 0 aliphatic heterocycles. The number of carbonyl (C=O) groups is 4. The highest BCUT2D eigenvalue weighted by atomic mass is 16.6. The van der Waals surface area contributed by atoms with Gasteiger partial charge in [-0.25, -0.2) is 0 Å². The fourth-order valence-electron chi connectivity index (χ4n) is 2.03. The highest BCUT2D eigenvalue weighted by Crippen LogP contribution is 2.33. The van der Waals surface area contributed by atoms with E-state index in [9.17, 15) is 19.2 Å². The molecule has 0 heterocycles. The molecular weight excluding hydrogens is 292 g/mol. The summed E-state index contributed by atoms with van der Waals surface area (Å²) in [7, 11) is 0. The number of carbonyl (C=O) groups excluding carboxylic acids is 4. The zero-order valence-corrected chi connectivity index (χ0v) is 13.6. The Kier molecular flexibility index (Phi) is 9.05.